The molecule has 3 rings (SSSR count). The van der Waals surface area contributed by atoms with Crippen molar-refractivity contribution >= 4 is 10.8 Å². The number of benzene rings is 2. The predicted octanol–water partition coefficient (Wildman–Crippen LogP) is 3.52. The predicted molar refractivity (Wildman–Crippen MR) is 83.4 cm³/mol. The highest BCUT2D eigenvalue weighted by molar-refractivity contribution is 5.83. The summed E-state index contributed by atoms with van der Waals surface area (Å²) in [6.45, 7) is 0. The van der Waals surface area contributed by atoms with E-state index in [0.717, 1.165) is 16.5 Å². The Labute approximate surface area is 123 Å². The molecule has 3 heteroatoms. The lowest BCUT2D eigenvalue weighted by Gasteiger charge is -2.12. The maximum absolute atomic E-state index is 10.4. The maximum Gasteiger partial charge on any atom is 0.212 e. The molecule has 1 heterocycles. The van der Waals surface area contributed by atoms with Crippen molar-refractivity contribution in [3.8, 4) is 5.88 Å². The van der Waals surface area contributed by atoms with Gasteiger partial charge < -0.3 is 9.84 Å². The van der Waals surface area contributed by atoms with E-state index in [1.165, 1.54) is 5.39 Å². The summed E-state index contributed by atoms with van der Waals surface area (Å²) in [5.74, 6) is 0.582. The highest BCUT2D eigenvalue weighted by Gasteiger charge is 2.09. The number of fused-ring (bicyclic) bond motifs is 1. The third-order valence-electron chi connectivity index (χ3n) is 3.59. The van der Waals surface area contributed by atoms with Crippen LogP contribution in [-0.4, -0.2) is 17.2 Å². The van der Waals surface area contributed by atoms with Crippen LogP contribution in [-0.2, 0) is 6.42 Å². The van der Waals surface area contributed by atoms with E-state index in [1.54, 1.807) is 13.3 Å². The summed E-state index contributed by atoms with van der Waals surface area (Å²) in [6.07, 6.45) is 1.74. The first-order chi connectivity index (χ1) is 10.3. The average Bonchev–Trinajstić information content (AvgIpc) is 2.55. The number of ether oxygens (including phenoxy) is 1. The highest BCUT2D eigenvalue weighted by atomic mass is 16.5. The van der Waals surface area contributed by atoms with E-state index in [4.69, 9.17) is 4.74 Å². The standard InChI is InChI=1S/C18H17NO2/c1-21-18-9-6-13(12-19-18)10-17(20)16-8-7-14-4-2-3-5-15(14)11-16/h2-9,11-12,17,20H,10H2,1H3. The highest BCUT2D eigenvalue weighted by Crippen LogP contribution is 2.23. The van der Waals surface area contributed by atoms with Crippen LogP contribution in [0.2, 0.25) is 0 Å². The van der Waals surface area contributed by atoms with E-state index in [2.05, 4.69) is 17.1 Å². The van der Waals surface area contributed by atoms with Crippen molar-refractivity contribution in [2.24, 2.45) is 0 Å². The largest absolute Gasteiger partial charge is 0.481 e. The number of rotatable bonds is 4. The molecule has 1 aromatic heterocycles. The first-order valence-corrected chi connectivity index (χ1v) is 6.92. The van der Waals surface area contributed by atoms with Gasteiger partial charge in [0.2, 0.25) is 5.88 Å². The minimum absolute atomic E-state index is 0.537. The molecule has 106 valence electrons. The van der Waals surface area contributed by atoms with Crippen LogP contribution in [0, 0.1) is 0 Å². The van der Waals surface area contributed by atoms with Gasteiger partial charge in [0.1, 0.15) is 0 Å². The van der Waals surface area contributed by atoms with Crippen molar-refractivity contribution < 1.29 is 9.84 Å². The second-order valence-electron chi connectivity index (χ2n) is 5.04. The molecule has 0 aliphatic rings. The van der Waals surface area contributed by atoms with Gasteiger partial charge >= 0.3 is 0 Å². The minimum Gasteiger partial charge on any atom is -0.481 e. The van der Waals surface area contributed by atoms with Crippen LogP contribution in [0.3, 0.4) is 0 Å². The molecule has 0 aliphatic carbocycles. The Bertz CT molecular complexity index is 738. The first kappa shape index (κ1) is 13.6. The van der Waals surface area contributed by atoms with E-state index in [0.29, 0.717) is 12.3 Å². The lowest BCUT2D eigenvalue weighted by atomic mass is 9.99. The van der Waals surface area contributed by atoms with Crippen molar-refractivity contribution in [3.63, 3.8) is 0 Å². The number of pyridine rings is 1. The molecule has 0 saturated carbocycles. The van der Waals surface area contributed by atoms with Crippen molar-refractivity contribution in [3.05, 3.63) is 71.9 Å². The number of hydrogen-bond acceptors (Lipinski definition) is 3. The Morgan fingerprint density at radius 2 is 1.86 bits per heavy atom. The summed E-state index contributed by atoms with van der Waals surface area (Å²) >= 11 is 0. The molecule has 2 aromatic carbocycles. The molecule has 3 nitrogen and oxygen atoms in total. The maximum atomic E-state index is 10.4. The van der Waals surface area contributed by atoms with E-state index in [9.17, 15) is 5.11 Å². The van der Waals surface area contributed by atoms with Crippen LogP contribution in [0.5, 0.6) is 5.88 Å². The monoisotopic (exact) mass is 279 g/mol. The van der Waals surface area contributed by atoms with Crippen molar-refractivity contribution in [1.29, 1.82) is 0 Å². The molecular weight excluding hydrogens is 262 g/mol. The molecule has 3 aromatic rings. The SMILES string of the molecule is COc1ccc(CC(O)c2ccc3ccccc3c2)cn1. The normalized spacial score (nSPS) is 12.3. The van der Waals surface area contributed by atoms with E-state index in [1.807, 2.05) is 42.5 Å². The van der Waals surface area contributed by atoms with Gasteiger partial charge in [-0.2, -0.15) is 0 Å². The topological polar surface area (TPSA) is 42.4 Å². The van der Waals surface area contributed by atoms with Crippen LogP contribution in [0.4, 0.5) is 0 Å². The van der Waals surface area contributed by atoms with Gasteiger partial charge in [0.05, 0.1) is 13.2 Å². The van der Waals surface area contributed by atoms with Gasteiger partial charge in [-0.3, -0.25) is 0 Å². The number of aromatic nitrogens is 1. The minimum atomic E-state index is -0.537. The molecule has 1 atom stereocenters. The van der Waals surface area contributed by atoms with Gasteiger partial charge in [-0.05, 0) is 28.0 Å². The summed E-state index contributed by atoms with van der Waals surface area (Å²) < 4.78 is 5.03. The zero-order chi connectivity index (χ0) is 14.7. The number of nitrogens with zero attached hydrogens (tertiary/aromatic N) is 1. The fourth-order valence-corrected chi connectivity index (χ4v) is 2.41. The fraction of sp³-hybridized carbons (Fsp3) is 0.167. The van der Waals surface area contributed by atoms with Gasteiger partial charge in [0.25, 0.3) is 0 Å². The van der Waals surface area contributed by atoms with Gasteiger partial charge in [-0.25, -0.2) is 4.98 Å². The number of hydrogen-bond donors (Lipinski definition) is 1. The summed E-state index contributed by atoms with van der Waals surface area (Å²) in [6, 6.07) is 17.9. The van der Waals surface area contributed by atoms with Crippen LogP contribution in [0.15, 0.2) is 60.8 Å². The van der Waals surface area contributed by atoms with Gasteiger partial charge in [0.15, 0.2) is 0 Å². The number of methoxy groups -OCH3 is 1. The lowest BCUT2D eigenvalue weighted by Crippen LogP contribution is -2.02. The smallest absolute Gasteiger partial charge is 0.212 e. The summed E-state index contributed by atoms with van der Waals surface area (Å²) in [4.78, 5) is 4.16. The zero-order valence-electron chi connectivity index (χ0n) is 11.9. The van der Waals surface area contributed by atoms with Crippen molar-refractivity contribution in [1.82, 2.24) is 4.98 Å². The molecule has 0 radical (unpaired) electrons. The van der Waals surface area contributed by atoms with Crippen LogP contribution >= 0.6 is 0 Å². The van der Waals surface area contributed by atoms with Gasteiger partial charge in [0, 0.05) is 18.7 Å². The summed E-state index contributed by atoms with van der Waals surface area (Å²) in [5, 5.41) is 12.7. The molecule has 0 saturated heterocycles. The van der Waals surface area contributed by atoms with Crippen molar-refractivity contribution in [2.75, 3.05) is 7.11 Å². The molecule has 0 amide bonds. The Balaban J connectivity index is 1.80. The second kappa shape index (κ2) is 5.94. The first-order valence-electron chi connectivity index (χ1n) is 6.92. The van der Waals surface area contributed by atoms with Crippen LogP contribution in [0.25, 0.3) is 10.8 Å². The Kier molecular flexibility index (Phi) is 3.84. The van der Waals surface area contributed by atoms with E-state index in [-0.39, 0.29) is 0 Å². The molecule has 0 spiro atoms. The number of aliphatic hydroxyl groups is 1. The Morgan fingerprint density at radius 1 is 1.05 bits per heavy atom. The fourth-order valence-electron chi connectivity index (χ4n) is 2.41. The molecule has 21 heavy (non-hydrogen) atoms. The van der Waals surface area contributed by atoms with Crippen molar-refractivity contribution in [2.45, 2.75) is 12.5 Å². The molecule has 0 aliphatic heterocycles. The lowest BCUT2D eigenvalue weighted by molar-refractivity contribution is 0.178. The van der Waals surface area contributed by atoms with Crippen LogP contribution in [0.1, 0.15) is 17.2 Å². The molecule has 1 N–H and O–H groups in total. The molecular formula is C18H17NO2. The number of aliphatic hydroxyl groups excluding tert-OH is 1. The van der Waals surface area contributed by atoms with E-state index >= 15 is 0 Å². The second-order valence-corrected chi connectivity index (χ2v) is 5.04. The van der Waals surface area contributed by atoms with Gasteiger partial charge in [-0.1, -0.05) is 42.5 Å². The molecule has 0 fully saturated rings. The van der Waals surface area contributed by atoms with Crippen LogP contribution < -0.4 is 4.74 Å². The third kappa shape index (κ3) is 3.03. The Hall–Kier alpha value is -2.39. The van der Waals surface area contributed by atoms with Gasteiger partial charge in [-0.15, -0.1) is 0 Å². The quantitative estimate of drug-likeness (QED) is 0.794. The zero-order valence-corrected chi connectivity index (χ0v) is 11.9. The molecule has 0 bridgehead atoms. The Morgan fingerprint density at radius 3 is 2.57 bits per heavy atom. The van der Waals surface area contributed by atoms with E-state index < -0.39 is 6.10 Å². The molecule has 1 unspecified atom stereocenters. The summed E-state index contributed by atoms with van der Waals surface area (Å²) in [7, 11) is 1.59. The third-order valence-corrected chi connectivity index (χ3v) is 3.59. The summed E-state index contributed by atoms with van der Waals surface area (Å²) in [5.41, 5.74) is 1.90. The average molecular weight is 279 g/mol.